The molecule has 1 saturated heterocycles. The Morgan fingerprint density at radius 3 is 2.92 bits per heavy atom. The molecule has 1 N–H and O–H groups in total. The van der Waals surface area contributed by atoms with Crippen LogP contribution in [0.3, 0.4) is 0 Å². The first-order chi connectivity index (χ1) is 12.7. The fourth-order valence-corrected chi connectivity index (χ4v) is 4.02. The first-order valence-corrected chi connectivity index (χ1v) is 9.46. The molecule has 6 nitrogen and oxygen atoms in total. The Hall–Kier alpha value is -2.69. The maximum Gasteiger partial charge on any atom is 0.239 e. The number of anilines is 1. The number of aromatic nitrogens is 1. The van der Waals surface area contributed by atoms with E-state index in [0.29, 0.717) is 23.0 Å². The zero-order valence-corrected chi connectivity index (χ0v) is 15.0. The maximum atomic E-state index is 12.2. The summed E-state index contributed by atoms with van der Waals surface area (Å²) in [6.07, 6.45) is 1.84. The molecule has 132 valence electrons. The van der Waals surface area contributed by atoms with E-state index in [0.717, 1.165) is 42.9 Å². The van der Waals surface area contributed by atoms with E-state index < -0.39 is 0 Å². The molecule has 0 unspecified atom stereocenters. The van der Waals surface area contributed by atoms with E-state index in [1.54, 1.807) is 11.4 Å². The van der Waals surface area contributed by atoms with Gasteiger partial charge in [0.25, 0.3) is 0 Å². The number of piperidine rings is 1. The zero-order valence-electron chi connectivity index (χ0n) is 14.1. The average molecular weight is 366 g/mol. The van der Waals surface area contributed by atoms with E-state index in [1.165, 1.54) is 11.3 Å². The molecule has 0 radical (unpaired) electrons. The predicted molar refractivity (Wildman–Crippen MR) is 100 cm³/mol. The maximum absolute atomic E-state index is 12.2. The lowest BCUT2D eigenvalue weighted by atomic mass is 9.97. The van der Waals surface area contributed by atoms with Crippen molar-refractivity contribution in [1.29, 1.82) is 5.26 Å². The van der Waals surface area contributed by atoms with E-state index in [2.05, 4.69) is 21.3 Å². The van der Waals surface area contributed by atoms with Crippen molar-refractivity contribution in [3.05, 3.63) is 47.2 Å². The normalized spacial score (nSPS) is 15.8. The quantitative estimate of drug-likeness (QED) is 0.763. The third-order valence-corrected chi connectivity index (χ3v) is 5.48. The van der Waals surface area contributed by atoms with Crippen LogP contribution in [0.1, 0.15) is 30.2 Å². The van der Waals surface area contributed by atoms with Crippen LogP contribution >= 0.6 is 11.3 Å². The van der Waals surface area contributed by atoms with Gasteiger partial charge in [0, 0.05) is 5.92 Å². The fourth-order valence-electron chi connectivity index (χ4n) is 3.27. The van der Waals surface area contributed by atoms with E-state index >= 15 is 0 Å². The minimum absolute atomic E-state index is 0.0794. The van der Waals surface area contributed by atoms with Gasteiger partial charge in [-0.25, -0.2) is 4.98 Å². The van der Waals surface area contributed by atoms with Crippen molar-refractivity contribution in [3.8, 4) is 6.07 Å². The average Bonchev–Trinajstić information content (AvgIpc) is 3.28. The Balaban J connectivity index is 1.32. The van der Waals surface area contributed by atoms with Crippen molar-refractivity contribution in [3.63, 3.8) is 0 Å². The minimum atomic E-state index is -0.0794. The number of carbonyl (C=O) groups is 1. The van der Waals surface area contributed by atoms with Gasteiger partial charge >= 0.3 is 0 Å². The van der Waals surface area contributed by atoms with Gasteiger partial charge in [-0.2, -0.15) is 5.26 Å². The zero-order chi connectivity index (χ0) is 17.9. The Kier molecular flexibility index (Phi) is 4.69. The van der Waals surface area contributed by atoms with Gasteiger partial charge in [0.1, 0.15) is 16.6 Å². The molecule has 1 aliphatic heterocycles. The first-order valence-electron chi connectivity index (χ1n) is 8.58. The van der Waals surface area contributed by atoms with Crippen LogP contribution in [-0.4, -0.2) is 35.4 Å². The molecular formula is C19H18N4O2S. The van der Waals surface area contributed by atoms with E-state index in [-0.39, 0.29) is 5.91 Å². The van der Waals surface area contributed by atoms with Crippen LogP contribution in [-0.2, 0) is 4.79 Å². The van der Waals surface area contributed by atoms with Gasteiger partial charge < -0.3 is 9.73 Å². The molecule has 3 aromatic rings. The number of carbonyl (C=O) groups excluding carboxylic acids is 1. The number of fused-ring (bicyclic) bond motifs is 1. The highest BCUT2D eigenvalue weighted by atomic mass is 32.1. The molecule has 1 aliphatic rings. The van der Waals surface area contributed by atoms with Crippen molar-refractivity contribution >= 4 is 33.3 Å². The van der Waals surface area contributed by atoms with Crippen molar-refractivity contribution in [2.24, 2.45) is 0 Å². The lowest BCUT2D eigenvalue weighted by Gasteiger charge is -2.29. The largest absolute Gasteiger partial charge is 0.440 e. The number of nitrogens with one attached hydrogen (secondary N) is 1. The van der Waals surface area contributed by atoms with Gasteiger partial charge in [-0.1, -0.05) is 12.1 Å². The standard InChI is InChI=1S/C19H18N4O2S/c20-11-14-7-10-26-19(14)22-17(24)12-23-8-5-13(6-9-23)18-21-15-3-1-2-4-16(15)25-18/h1-4,7,10,13H,5-6,8-9,12H2,(H,22,24). The summed E-state index contributed by atoms with van der Waals surface area (Å²) >= 11 is 1.37. The third kappa shape index (κ3) is 3.47. The number of para-hydroxylation sites is 2. The molecule has 1 fully saturated rings. The third-order valence-electron chi connectivity index (χ3n) is 4.65. The molecule has 0 bridgehead atoms. The van der Waals surface area contributed by atoms with Crippen LogP contribution in [0.4, 0.5) is 5.00 Å². The number of thiophene rings is 1. The number of nitrogens with zero attached hydrogens (tertiary/aromatic N) is 3. The highest BCUT2D eigenvalue weighted by Crippen LogP contribution is 2.30. The molecule has 1 aromatic carbocycles. The van der Waals surface area contributed by atoms with E-state index in [1.807, 2.05) is 24.3 Å². The molecular weight excluding hydrogens is 348 g/mol. The number of benzene rings is 1. The summed E-state index contributed by atoms with van der Waals surface area (Å²) in [5.41, 5.74) is 2.24. The number of oxazole rings is 1. The summed E-state index contributed by atoms with van der Waals surface area (Å²) in [5.74, 6) is 1.01. The molecule has 7 heteroatoms. The van der Waals surface area contributed by atoms with Gasteiger partial charge in [0.15, 0.2) is 11.5 Å². The molecule has 0 saturated carbocycles. The summed E-state index contributed by atoms with van der Waals surface area (Å²) in [5, 5.41) is 14.3. The number of hydrogen-bond acceptors (Lipinski definition) is 6. The highest BCUT2D eigenvalue weighted by Gasteiger charge is 2.25. The second-order valence-corrected chi connectivity index (χ2v) is 7.31. The van der Waals surface area contributed by atoms with Gasteiger partial charge in [0.05, 0.1) is 12.1 Å². The number of nitriles is 1. The van der Waals surface area contributed by atoms with Crippen molar-refractivity contribution in [2.75, 3.05) is 25.0 Å². The molecule has 0 spiro atoms. The predicted octanol–water partition coefficient (Wildman–Crippen LogP) is 3.58. The SMILES string of the molecule is N#Cc1ccsc1NC(=O)CN1CCC(c2nc3ccccc3o2)CC1. The van der Waals surface area contributed by atoms with Crippen molar-refractivity contribution in [2.45, 2.75) is 18.8 Å². The first kappa shape index (κ1) is 16.8. The van der Waals surface area contributed by atoms with Crippen molar-refractivity contribution < 1.29 is 9.21 Å². The summed E-state index contributed by atoms with van der Waals surface area (Å²) in [6, 6.07) is 11.6. The van der Waals surface area contributed by atoms with Crippen LogP contribution in [0.5, 0.6) is 0 Å². The van der Waals surface area contributed by atoms with Gasteiger partial charge in [-0.3, -0.25) is 9.69 Å². The smallest absolute Gasteiger partial charge is 0.239 e. The Morgan fingerprint density at radius 2 is 2.15 bits per heavy atom. The van der Waals surface area contributed by atoms with Crippen LogP contribution in [0.2, 0.25) is 0 Å². The lowest BCUT2D eigenvalue weighted by Crippen LogP contribution is -2.38. The van der Waals surface area contributed by atoms with Crippen molar-refractivity contribution in [1.82, 2.24) is 9.88 Å². The Labute approximate surface area is 155 Å². The molecule has 4 rings (SSSR count). The Bertz CT molecular complexity index is 930. The number of amides is 1. The molecule has 0 atom stereocenters. The molecule has 26 heavy (non-hydrogen) atoms. The van der Waals surface area contributed by atoms with Crippen LogP contribution in [0.15, 0.2) is 40.1 Å². The number of rotatable bonds is 4. The number of hydrogen-bond donors (Lipinski definition) is 1. The second kappa shape index (κ2) is 7.28. The van der Waals surface area contributed by atoms with Crippen LogP contribution in [0.25, 0.3) is 11.1 Å². The Morgan fingerprint density at radius 1 is 1.35 bits per heavy atom. The fraction of sp³-hybridized carbons (Fsp3) is 0.316. The summed E-state index contributed by atoms with van der Waals surface area (Å²) < 4.78 is 5.88. The van der Waals surface area contributed by atoms with Gasteiger partial charge in [0.2, 0.25) is 5.91 Å². The van der Waals surface area contributed by atoms with E-state index in [9.17, 15) is 4.79 Å². The molecule has 2 aromatic heterocycles. The van der Waals surface area contributed by atoms with Gasteiger partial charge in [-0.05, 0) is 49.5 Å². The second-order valence-electron chi connectivity index (χ2n) is 6.39. The monoisotopic (exact) mass is 366 g/mol. The highest BCUT2D eigenvalue weighted by molar-refractivity contribution is 7.14. The summed E-state index contributed by atoms with van der Waals surface area (Å²) in [7, 11) is 0. The summed E-state index contributed by atoms with van der Waals surface area (Å²) in [4.78, 5) is 19.0. The molecule has 3 heterocycles. The number of likely N-dealkylation sites (tertiary alicyclic amines) is 1. The molecule has 1 amide bonds. The molecule has 0 aliphatic carbocycles. The van der Waals surface area contributed by atoms with Crippen LogP contribution in [0, 0.1) is 11.3 Å². The van der Waals surface area contributed by atoms with Crippen LogP contribution < -0.4 is 5.32 Å². The lowest BCUT2D eigenvalue weighted by molar-refractivity contribution is -0.117. The summed E-state index contributed by atoms with van der Waals surface area (Å²) in [6.45, 7) is 1.99. The topological polar surface area (TPSA) is 82.2 Å². The minimum Gasteiger partial charge on any atom is -0.440 e. The van der Waals surface area contributed by atoms with E-state index in [4.69, 9.17) is 9.68 Å². The van der Waals surface area contributed by atoms with Gasteiger partial charge in [-0.15, -0.1) is 11.3 Å².